The van der Waals surface area contributed by atoms with Crippen LogP contribution in [-0.2, 0) is 22.4 Å². The van der Waals surface area contributed by atoms with Crippen LogP contribution in [0.1, 0.15) is 64.5 Å². The molecule has 0 aliphatic carbocycles. The van der Waals surface area contributed by atoms with Gasteiger partial charge in [0.25, 0.3) is 5.56 Å². The highest BCUT2D eigenvalue weighted by atomic mass is 16.5. The molecule has 2 aromatic rings. The van der Waals surface area contributed by atoms with Gasteiger partial charge in [-0.2, -0.15) is 5.26 Å². The lowest BCUT2D eigenvalue weighted by molar-refractivity contribution is -0.142. The Bertz CT molecular complexity index is 982. The SMILES string of the molecule is CCCCc1ccc(C(=O)COC(=O)CCc2c(C)[nH]c(=O)c(C#N)c2C)cc1. The number of ether oxygens (including phenoxy) is 1. The summed E-state index contributed by atoms with van der Waals surface area (Å²) in [6.45, 7) is 5.24. The lowest BCUT2D eigenvalue weighted by Gasteiger charge is -2.10. The molecule has 29 heavy (non-hydrogen) atoms. The van der Waals surface area contributed by atoms with Gasteiger partial charge in [-0.05, 0) is 49.8 Å². The lowest BCUT2D eigenvalue weighted by atomic mass is 9.99. The number of nitrogens with zero attached hydrogens (tertiary/aromatic N) is 1. The number of Topliss-reactive ketones (excluding diaryl/α,β-unsaturated/α-hetero) is 1. The third-order valence-corrected chi connectivity index (χ3v) is 4.96. The van der Waals surface area contributed by atoms with Gasteiger partial charge in [0, 0.05) is 17.7 Å². The number of unbranched alkanes of at least 4 members (excludes halogenated alkanes) is 1. The van der Waals surface area contributed by atoms with Gasteiger partial charge in [-0.25, -0.2) is 0 Å². The number of aryl methyl sites for hydroxylation is 2. The van der Waals surface area contributed by atoms with Crippen molar-refractivity contribution in [2.24, 2.45) is 0 Å². The maximum atomic E-state index is 12.2. The lowest BCUT2D eigenvalue weighted by Crippen LogP contribution is -2.18. The van der Waals surface area contributed by atoms with Crippen LogP contribution in [0.2, 0.25) is 0 Å². The minimum absolute atomic E-state index is 0.0523. The van der Waals surface area contributed by atoms with Crippen molar-refractivity contribution in [2.45, 2.75) is 52.9 Å². The fourth-order valence-electron chi connectivity index (χ4n) is 3.19. The third-order valence-electron chi connectivity index (χ3n) is 4.96. The topological polar surface area (TPSA) is 100 Å². The van der Waals surface area contributed by atoms with E-state index in [0.29, 0.717) is 23.2 Å². The van der Waals surface area contributed by atoms with Crippen molar-refractivity contribution < 1.29 is 14.3 Å². The Morgan fingerprint density at radius 2 is 1.83 bits per heavy atom. The second-order valence-corrected chi connectivity index (χ2v) is 7.05. The third kappa shape index (κ3) is 5.89. The van der Waals surface area contributed by atoms with Gasteiger partial charge in [0.05, 0.1) is 0 Å². The van der Waals surface area contributed by atoms with Crippen molar-refractivity contribution in [3.63, 3.8) is 0 Å². The van der Waals surface area contributed by atoms with Crippen LogP contribution in [0.4, 0.5) is 0 Å². The number of esters is 1. The molecule has 152 valence electrons. The molecule has 0 saturated heterocycles. The molecule has 6 nitrogen and oxygen atoms in total. The van der Waals surface area contributed by atoms with Gasteiger partial charge in [0.2, 0.25) is 0 Å². The largest absolute Gasteiger partial charge is 0.457 e. The van der Waals surface area contributed by atoms with Crippen LogP contribution >= 0.6 is 0 Å². The first-order valence-electron chi connectivity index (χ1n) is 9.77. The number of aromatic amines is 1. The van der Waals surface area contributed by atoms with Crippen LogP contribution in [0, 0.1) is 25.2 Å². The molecule has 1 aromatic carbocycles. The highest BCUT2D eigenvalue weighted by Gasteiger charge is 2.15. The Labute approximate surface area is 170 Å². The van der Waals surface area contributed by atoms with Gasteiger partial charge < -0.3 is 9.72 Å². The Morgan fingerprint density at radius 3 is 2.45 bits per heavy atom. The number of ketones is 1. The Hall–Kier alpha value is -3.20. The molecule has 6 heteroatoms. The van der Waals surface area contributed by atoms with Crippen LogP contribution in [0.15, 0.2) is 29.1 Å². The Morgan fingerprint density at radius 1 is 1.14 bits per heavy atom. The van der Waals surface area contributed by atoms with Gasteiger partial charge in [-0.1, -0.05) is 37.6 Å². The summed E-state index contributed by atoms with van der Waals surface area (Å²) in [7, 11) is 0. The molecule has 0 unspecified atom stereocenters. The van der Waals surface area contributed by atoms with E-state index in [1.807, 2.05) is 18.2 Å². The molecule has 1 heterocycles. The summed E-state index contributed by atoms with van der Waals surface area (Å²) in [5, 5.41) is 9.11. The zero-order valence-electron chi connectivity index (χ0n) is 17.1. The number of carbonyl (C=O) groups is 2. The zero-order valence-corrected chi connectivity index (χ0v) is 17.1. The molecule has 0 saturated carbocycles. The van der Waals surface area contributed by atoms with E-state index in [4.69, 9.17) is 10.00 Å². The first kappa shape index (κ1) is 22.1. The summed E-state index contributed by atoms with van der Waals surface area (Å²) in [6, 6.07) is 9.27. The minimum atomic E-state index is -0.499. The summed E-state index contributed by atoms with van der Waals surface area (Å²) >= 11 is 0. The molecule has 0 aliphatic heterocycles. The number of hydrogen-bond acceptors (Lipinski definition) is 5. The summed E-state index contributed by atoms with van der Waals surface area (Å²) in [5.41, 5.74) is 3.26. The van der Waals surface area contributed by atoms with Crippen LogP contribution < -0.4 is 5.56 Å². The molecule has 0 fully saturated rings. The van der Waals surface area contributed by atoms with E-state index in [9.17, 15) is 14.4 Å². The fourth-order valence-corrected chi connectivity index (χ4v) is 3.19. The highest BCUT2D eigenvalue weighted by Crippen LogP contribution is 2.15. The number of nitrogens with one attached hydrogen (secondary N) is 1. The monoisotopic (exact) mass is 394 g/mol. The van der Waals surface area contributed by atoms with Crippen molar-refractivity contribution in [3.05, 3.63) is 68.1 Å². The average molecular weight is 394 g/mol. The average Bonchev–Trinajstić information content (AvgIpc) is 2.70. The maximum absolute atomic E-state index is 12.2. The highest BCUT2D eigenvalue weighted by molar-refractivity contribution is 5.97. The smallest absolute Gasteiger partial charge is 0.306 e. The molecule has 2 rings (SSSR count). The predicted molar refractivity (Wildman–Crippen MR) is 110 cm³/mol. The van der Waals surface area contributed by atoms with Crippen LogP contribution in [0.5, 0.6) is 0 Å². The Balaban J connectivity index is 1.90. The van der Waals surface area contributed by atoms with Crippen LogP contribution in [-0.4, -0.2) is 23.3 Å². The summed E-state index contributed by atoms with van der Waals surface area (Å²) in [4.78, 5) is 38.7. The van der Waals surface area contributed by atoms with E-state index < -0.39 is 11.5 Å². The first-order valence-corrected chi connectivity index (χ1v) is 9.77. The van der Waals surface area contributed by atoms with Crippen molar-refractivity contribution in [3.8, 4) is 6.07 Å². The van der Waals surface area contributed by atoms with Crippen molar-refractivity contribution in [1.82, 2.24) is 4.98 Å². The summed E-state index contributed by atoms with van der Waals surface area (Å²) in [5.74, 6) is -0.745. The van der Waals surface area contributed by atoms with Gasteiger partial charge in [-0.15, -0.1) is 0 Å². The molecule has 0 atom stereocenters. The number of benzene rings is 1. The van der Waals surface area contributed by atoms with Gasteiger partial charge in [0.15, 0.2) is 12.4 Å². The number of aromatic nitrogens is 1. The summed E-state index contributed by atoms with van der Waals surface area (Å²) in [6.07, 6.45) is 3.59. The van der Waals surface area contributed by atoms with Crippen LogP contribution in [0.3, 0.4) is 0 Å². The molecule has 0 radical (unpaired) electrons. The second-order valence-electron chi connectivity index (χ2n) is 7.05. The molecule has 0 bridgehead atoms. The quantitative estimate of drug-likeness (QED) is 0.518. The minimum Gasteiger partial charge on any atom is -0.457 e. The number of rotatable bonds is 9. The van der Waals surface area contributed by atoms with E-state index in [1.54, 1.807) is 26.0 Å². The molecular formula is C23H26N2O4. The van der Waals surface area contributed by atoms with E-state index >= 15 is 0 Å². The summed E-state index contributed by atoms with van der Waals surface area (Å²) < 4.78 is 5.11. The number of H-pyrrole nitrogens is 1. The van der Waals surface area contributed by atoms with E-state index in [0.717, 1.165) is 24.8 Å². The molecule has 0 aliphatic rings. The molecular weight excluding hydrogens is 368 g/mol. The van der Waals surface area contributed by atoms with Crippen molar-refractivity contribution in [2.75, 3.05) is 6.61 Å². The predicted octanol–water partition coefficient (Wildman–Crippen LogP) is 3.56. The molecule has 1 N–H and O–H groups in total. The normalized spacial score (nSPS) is 10.4. The van der Waals surface area contributed by atoms with Gasteiger partial charge in [-0.3, -0.25) is 14.4 Å². The van der Waals surface area contributed by atoms with Gasteiger partial charge in [0.1, 0.15) is 11.6 Å². The Kier molecular flexibility index (Phi) is 7.90. The van der Waals surface area contributed by atoms with E-state index in [-0.39, 0.29) is 24.4 Å². The van der Waals surface area contributed by atoms with Crippen LogP contribution in [0.25, 0.3) is 0 Å². The van der Waals surface area contributed by atoms with Gasteiger partial charge >= 0.3 is 5.97 Å². The molecule has 1 aromatic heterocycles. The second kappa shape index (κ2) is 10.4. The standard InChI is InChI=1S/C23H26N2O4/c1-4-5-6-17-7-9-18(10-8-17)21(26)14-29-22(27)12-11-19-15(2)20(13-24)23(28)25-16(19)3/h7-10H,4-6,11-12,14H2,1-3H3,(H,25,28). The number of nitriles is 1. The maximum Gasteiger partial charge on any atom is 0.306 e. The fraction of sp³-hybridized carbons (Fsp3) is 0.391. The number of carbonyl (C=O) groups excluding carboxylic acids is 2. The molecule has 0 amide bonds. The van der Waals surface area contributed by atoms with Crippen molar-refractivity contribution >= 4 is 11.8 Å². The molecule has 0 spiro atoms. The van der Waals surface area contributed by atoms with E-state index in [2.05, 4.69) is 11.9 Å². The zero-order chi connectivity index (χ0) is 21.4. The van der Waals surface area contributed by atoms with E-state index in [1.165, 1.54) is 5.56 Å². The first-order chi connectivity index (χ1) is 13.9. The number of pyridine rings is 1. The number of hydrogen-bond donors (Lipinski definition) is 1. The van der Waals surface area contributed by atoms with Crippen molar-refractivity contribution in [1.29, 1.82) is 5.26 Å².